The number of hydrogen-bond acceptors (Lipinski definition) is 4. The van der Waals surface area contributed by atoms with Crippen molar-refractivity contribution < 1.29 is 13.9 Å². The smallest absolute Gasteiger partial charge is 0.148 e. The van der Waals surface area contributed by atoms with E-state index >= 15 is 0 Å². The maximum atomic E-state index is 14.5. The monoisotopic (exact) mass is 367 g/mol. The SMILES string of the molecule is COc1cccc(OC)c1-c1nn(-c2ccccc2F)c2c1CCCCN2. The number of ether oxygens (including phenoxy) is 2. The maximum absolute atomic E-state index is 14.5. The predicted molar refractivity (Wildman–Crippen MR) is 103 cm³/mol. The number of benzene rings is 2. The average molecular weight is 367 g/mol. The number of aromatic nitrogens is 2. The fraction of sp³-hybridized carbons (Fsp3) is 0.286. The lowest BCUT2D eigenvalue weighted by atomic mass is 10.0. The van der Waals surface area contributed by atoms with Crippen LogP contribution in [0.2, 0.25) is 0 Å². The lowest BCUT2D eigenvalue weighted by Gasteiger charge is -2.12. The van der Waals surface area contributed by atoms with E-state index in [1.807, 2.05) is 24.3 Å². The van der Waals surface area contributed by atoms with Crippen molar-refractivity contribution in [3.05, 3.63) is 53.8 Å². The molecule has 0 saturated heterocycles. The highest BCUT2D eigenvalue weighted by Crippen LogP contribution is 2.43. The van der Waals surface area contributed by atoms with Crippen LogP contribution in [-0.4, -0.2) is 30.5 Å². The molecule has 1 aliphatic heterocycles. The van der Waals surface area contributed by atoms with Crippen molar-refractivity contribution in [1.82, 2.24) is 9.78 Å². The van der Waals surface area contributed by atoms with Crippen LogP contribution in [0.25, 0.3) is 16.9 Å². The third-order valence-corrected chi connectivity index (χ3v) is 4.87. The van der Waals surface area contributed by atoms with Crippen LogP contribution in [-0.2, 0) is 6.42 Å². The molecule has 0 fully saturated rings. The number of anilines is 1. The zero-order valence-electron chi connectivity index (χ0n) is 15.5. The lowest BCUT2D eigenvalue weighted by Crippen LogP contribution is -2.08. The van der Waals surface area contributed by atoms with Gasteiger partial charge in [0.05, 0.1) is 19.8 Å². The van der Waals surface area contributed by atoms with Crippen molar-refractivity contribution in [3.8, 4) is 28.4 Å². The minimum atomic E-state index is -0.313. The van der Waals surface area contributed by atoms with Gasteiger partial charge in [-0.15, -0.1) is 0 Å². The Balaban J connectivity index is 2.00. The molecule has 0 radical (unpaired) electrons. The summed E-state index contributed by atoms with van der Waals surface area (Å²) in [5.41, 5.74) is 3.02. The second-order valence-corrected chi connectivity index (χ2v) is 6.46. The van der Waals surface area contributed by atoms with Gasteiger partial charge in [-0.2, -0.15) is 5.10 Å². The maximum Gasteiger partial charge on any atom is 0.148 e. The van der Waals surface area contributed by atoms with Crippen molar-refractivity contribution in [2.75, 3.05) is 26.1 Å². The molecule has 5 nitrogen and oxygen atoms in total. The summed E-state index contributed by atoms with van der Waals surface area (Å²) in [4.78, 5) is 0. The second kappa shape index (κ2) is 7.31. The molecule has 0 unspecified atom stereocenters. The lowest BCUT2D eigenvalue weighted by molar-refractivity contribution is 0.397. The number of methoxy groups -OCH3 is 2. The molecule has 0 bridgehead atoms. The Morgan fingerprint density at radius 2 is 1.74 bits per heavy atom. The molecule has 6 heteroatoms. The number of rotatable bonds is 4. The van der Waals surface area contributed by atoms with Crippen LogP contribution in [0.1, 0.15) is 18.4 Å². The van der Waals surface area contributed by atoms with Gasteiger partial charge in [-0.3, -0.25) is 0 Å². The summed E-state index contributed by atoms with van der Waals surface area (Å²) in [6, 6.07) is 12.3. The molecule has 1 aliphatic rings. The van der Waals surface area contributed by atoms with Gasteiger partial charge in [0.15, 0.2) is 0 Å². The zero-order valence-corrected chi connectivity index (χ0v) is 15.5. The number of halogens is 1. The van der Waals surface area contributed by atoms with Crippen LogP contribution in [0.4, 0.5) is 10.2 Å². The van der Waals surface area contributed by atoms with Gasteiger partial charge in [-0.1, -0.05) is 18.2 Å². The van der Waals surface area contributed by atoms with Crippen molar-refractivity contribution in [2.24, 2.45) is 0 Å². The van der Waals surface area contributed by atoms with Gasteiger partial charge >= 0.3 is 0 Å². The van der Waals surface area contributed by atoms with E-state index in [0.717, 1.165) is 48.4 Å². The average Bonchev–Trinajstić information content (AvgIpc) is 2.88. The van der Waals surface area contributed by atoms with Gasteiger partial charge in [-0.25, -0.2) is 9.07 Å². The van der Waals surface area contributed by atoms with E-state index in [2.05, 4.69) is 5.32 Å². The number of nitrogens with zero attached hydrogens (tertiary/aromatic N) is 2. The Labute approximate surface area is 157 Å². The largest absolute Gasteiger partial charge is 0.496 e. The Bertz CT molecular complexity index is 946. The fourth-order valence-corrected chi connectivity index (χ4v) is 3.59. The molecule has 3 aromatic rings. The second-order valence-electron chi connectivity index (χ2n) is 6.46. The molecule has 0 aliphatic carbocycles. The van der Waals surface area contributed by atoms with Gasteiger partial charge < -0.3 is 14.8 Å². The normalized spacial score (nSPS) is 13.4. The number of para-hydroxylation sites is 1. The molecule has 0 spiro atoms. The standard InChI is InChI=1S/C21H22FN3O2/c1-26-17-11-7-12-18(27-2)19(17)20-14-8-5-6-13-23-21(14)25(24-20)16-10-4-3-9-15(16)22/h3-4,7,9-12,23H,5-6,8,13H2,1-2H3. The fourth-order valence-electron chi connectivity index (χ4n) is 3.59. The van der Waals surface area contributed by atoms with Crippen molar-refractivity contribution in [1.29, 1.82) is 0 Å². The summed E-state index contributed by atoms with van der Waals surface area (Å²) in [7, 11) is 3.26. The summed E-state index contributed by atoms with van der Waals surface area (Å²) < 4.78 is 27.3. The summed E-state index contributed by atoms with van der Waals surface area (Å²) in [6.07, 6.45) is 2.94. The van der Waals surface area contributed by atoms with Crippen LogP contribution < -0.4 is 14.8 Å². The summed E-state index contributed by atoms with van der Waals surface area (Å²) in [5.74, 6) is 1.88. The first-order valence-corrected chi connectivity index (χ1v) is 9.06. The Kier molecular flexibility index (Phi) is 4.71. The van der Waals surface area contributed by atoms with Crippen LogP contribution in [0.15, 0.2) is 42.5 Å². The molecular formula is C21H22FN3O2. The quantitative estimate of drug-likeness (QED) is 0.740. The van der Waals surface area contributed by atoms with Gasteiger partial charge in [0, 0.05) is 12.1 Å². The minimum Gasteiger partial charge on any atom is -0.496 e. The molecule has 1 aromatic heterocycles. The number of fused-ring (bicyclic) bond motifs is 1. The van der Waals surface area contributed by atoms with E-state index in [4.69, 9.17) is 14.6 Å². The molecule has 0 amide bonds. The summed E-state index contributed by atoms with van der Waals surface area (Å²) in [5, 5.41) is 8.24. The molecule has 4 rings (SSSR count). The van der Waals surface area contributed by atoms with Gasteiger partial charge in [-0.05, 0) is 43.5 Å². The molecule has 2 heterocycles. The molecule has 0 saturated carbocycles. The molecule has 1 N–H and O–H groups in total. The van der Waals surface area contributed by atoms with Crippen LogP contribution in [0.3, 0.4) is 0 Å². The minimum absolute atomic E-state index is 0.313. The predicted octanol–water partition coefficient (Wildman–Crippen LogP) is 4.44. The topological polar surface area (TPSA) is 48.3 Å². The third-order valence-electron chi connectivity index (χ3n) is 4.87. The summed E-state index contributed by atoms with van der Waals surface area (Å²) in [6.45, 7) is 0.829. The van der Waals surface area contributed by atoms with E-state index in [9.17, 15) is 4.39 Å². The molecule has 27 heavy (non-hydrogen) atoms. The van der Waals surface area contributed by atoms with Gasteiger partial charge in [0.2, 0.25) is 0 Å². The van der Waals surface area contributed by atoms with Crippen LogP contribution >= 0.6 is 0 Å². The van der Waals surface area contributed by atoms with Crippen LogP contribution in [0.5, 0.6) is 11.5 Å². The molecular weight excluding hydrogens is 345 g/mol. The van der Waals surface area contributed by atoms with E-state index in [-0.39, 0.29) is 5.82 Å². The Morgan fingerprint density at radius 1 is 1.00 bits per heavy atom. The number of hydrogen-bond donors (Lipinski definition) is 1. The first-order chi connectivity index (χ1) is 13.2. The Morgan fingerprint density at radius 3 is 2.44 bits per heavy atom. The van der Waals surface area contributed by atoms with Crippen molar-refractivity contribution >= 4 is 5.82 Å². The third kappa shape index (κ3) is 3.01. The van der Waals surface area contributed by atoms with E-state index in [0.29, 0.717) is 17.2 Å². The highest BCUT2D eigenvalue weighted by molar-refractivity contribution is 5.80. The highest BCUT2D eigenvalue weighted by atomic mass is 19.1. The first-order valence-electron chi connectivity index (χ1n) is 9.06. The van der Waals surface area contributed by atoms with E-state index in [1.54, 1.807) is 31.0 Å². The zero-order chi connectivity index (χ0) is 18.8. The molecule has 0 atom stereocenters. The Hall–Kier alpha value is -3.02. The summed E-state index contributed by atoms with van der Waals surface area (Å²) >= 11 is 0. The van der Waals surface area contributed by atoms with Gasteiger partial charge in [0.25, 0.3) is 0 Å². The van der Waals surface area contributed by atoms with E-state index in [1.165, 1.54) is 6.07 Å². The van der Waals surface area contributed by atoms with Gasteiger partial charge in [0.1, 0.15) is 34.5 Å². The van der Waals surface area contributed by atoms with E-state index < -0.39 is 0 Å². The molecule has 2 aromatic carbocycles. The number of nitrogens with one attached hydrogen (secondary N) is 1. The highest BCUT2D eigenvalue weighted by Gasteiger charge is 2.26. The first kappa shape index (κ1) is 17.4. The van der Waals surface area contributed by atoms with Crippen LogP contribution in [0, 0.1) is 5.82 Å². The van der Waals surface area contributed by atoms with Crippen molar-refractivity contribution in [3.63, 3.8) is 0 Å². The molecule has 140 valence electrons. The van der Waals surface area contributed by atoms with Crippen molar-refractivity contribution in [2.45, 2.75) is 19.3 Å².